The van der Waals surface area contributed by atoms with Gasteiger partial charge in [0.15, 0.2) is 0 Å². The van der Waals surface area contributed by atoms with E-state index in [1.807, 2.05) is 0 Å². The molecule has 2 aromatic carbocycles. The molecule has 0 radical (unpaired) electrons. The van der Waals surface area contributed by atoms with Crippen LogP contribution < -0.4 is 0 Å². The first kappa shape index (κ1) is 68.9. The molecule has 0 aliphatic heterocycles. The van der Waals surface area contributed by atoms with Crippen LogP contribution in [0.1, 0.15) is 379 Å². The van der Waals surface area contributed by atoms with Crippen LogP contribution in [0.3, 0.4) is 0 Å². The first-order valence-electron chi connectivity index (χ1n) is 34.5. The summed E-state index contributed by atoms with van der Waals surface area (Å²) >= 11 is 0. The van der Waals surface area contributed by atoms with E-state index < -0.39 is 0 Å². The van der Waals surface area contributed by atoms with E-state index in [2.05, 4.69) is 76.2 Å². The zero-order valence-electron chi connectivity index (χ0n) is 51.4. The summed E-state index contributed by atoms with van der Waals surface area (Å²) in [6.45, 7) is 9.24. The van der Waals surface area contributed by atoms with Gasteiger partial charge in [-0.15, -0.1) is 0 Å². The Kier molecular flexibility index (Phi) is 50.6. The number of hydrogen-bond acceptors (Lipinski definition) is 2. The minimum absolute atomic E-state index is 1.00. The Balaban J connectivity index is 1.62. The van der Waals surface area contributed by atoms with Crippen molar-refractivity contribution in [1.82, 2.24) is 0 Å². The predicted octanol–water partition coefficient (Wildman–Crippen LogP) is 26.4. The average Bonchev–Trinajstić information content (AvgIpc) is 3.42. The van der Waals surface area contributed by atoms with Crippen LogP contribution in [-0.4, -0.2) is 11.4 Å². The van der Waals surface area contributed by atoms with Crippen LogP contribution in [-0.2, 0) is 12.8 Å². The van der Waals surface area contributed by atoms with Gasteiger partial charge in [0, 0.05) is 0 Å². The van der Waals surface area contributed by atoms with E-state index in [1.54, 1.807) is 0 Å². The Hall–Kier alpha value is -2.22. The van der Waals surface area contributed by atoms with Gasteiger partial charge < -0.3 is 0 Å². The number of unbranched alkanes of at least 4 members (excludes halogenated alkanes) is 47. The lowest BCUT2D eigenvalue weighted by molar-refractivity contribution is 0.518. The fraction of sp³-hybridized carbons (Fsp3) is 0.808. The molecule has 0 aliphatic carbocycles. The highest BCUT2D eigenvalue weighted by atomic mass is 14.8. The van der Waals surface area contributed by atoms with Gasteiger partial charge in [-0.2, -0.15) is 0 Å². The van der Waals surface area contributed by atoms with Gasteiger partial charge in [-0.3, -0.25) is 9.98 Å². The average molecular weight is 1040 g/mol. The molecule has 0 heterocycles. The molecule has 0 unspecified atom stereocenters. The highest BCUT2D eigenvalue weighted by Gasteiger charge is 2.12. The fourth-order valence-electron chi connectivity index (χ4n) is 11.5. The molecule has 0 atom stereocenters. The van der Waals surface area contributed by atoms with Crippen molar-refractivity contribution in [2.45, 2.75) is 381 Å². The van der Waals surface area contributed by atoms with E-state index in [1.165, 1.54) is 344 Å². The number of hydrogen-bond donors (Lipinski definition) is 0. The summed E-state index contributed by atoms with van der Waals surface area (Å²) in [4.78, 5) is 10.8. The first-order chi connectivity index (χ1) is 37.2. The standard InChI is InChI=1S/C73H130N2/c1-5-9-13-15-17-19-21-23-25-27-29-31-33-35-37-39-41-43-45-47-49-51-54-58-68-60-56-62-70(66-68)74-72(64-12-8-4)73(65-53-11-7-3)75-71-63-57-61-69(67-71)59-55-52-50-48-46-44-42-40-38-36-34-32-30-28-26-24-22-20-18-16-14-10-6-2/h56-57,60-63,66-67H,5-55,58-59,64-65H2,1-4H3. The van der Waals surface area contributed by atoms with Crippen molar-refractivity contribution < 1.29 is 0 Å². The van der Waals surface area contributed by atoms with Gasteiger partial charge in [-0.1, -0.05) is 354 Å². The number of aliphatic imine (C=N–C) groups is 2. The SMILES string of the molecule is CCCCCCCCCCCCCCCCCCCCCCCCCc1cccc(N=C(CCCC)C(CCCCC)=Nc2cccc(CCCCCCCCCCCCCCCCCCCCCCCCC)c2)c1. The van der Waals surface area contributed by atoms with Crippen LogP contribution in [0.2, 0.25) is 0 Å². The number of aryl methyl sites for hydroxylation is 2. The third kappa shape index (κ3) is 44.3. The molecule has 2 aromatic rings. The maximum absolute atomic E-state index is 5.43. The summed E-state index contributed by atoms with van der Waals surface area (Å²) in [5, 5.41) is 0. The van der Waals surface area contributed by atoms with Gasteiger partial charge >= 0.3 is 0 Å². The van der Waals surface area contributed by atoms with Gasteiger partial charge in [0.2, 0.25) is 0 Å². The van der Waals surface area contributed by atoms with Gasteiger partial charge in [0.05, 0.1) is 22.8 Å². The molecule has 0 aromatic heterocycles. The molecule has 0 N–H and O–H groups in total. The van der Waals surface area contributed by atoms with E-state index in [0.29, 0.717) is 0 Å². The molecule has 0 spiro atoms. The molecule has 0 amide bonds. The van der Waals surface area contributed by atoms with Crippen molar-refractivity contribution in [3.8, 4) is 0 Å². The Labute approximate surface area is 471 Å². The summed E-state index contributed by atoms with van der Waals surface area (Å²) < 4.78 is 0. The van der Waals surface area contributed by atoms with Crippen LogP contribution in [0.25, 0.3) is 0 Å². The van der Waals surface area contributed by atoms with Crippen LogP contribution in [0.15, 0.2) is 58.5 Å². The summed E-state index contributed by atoms with van der Waals surface area (Å²) in [5.41, 5.74) is 7.55. The zero-order chi connectivity index (χ0) is 53.4. The van der Waals surface area contributed by atoms with Gasteiger partial charge in [-0.25, -0.2) is 0 Å². The van der Waals surface area contributed by atoms with Gasteiger partial charge in [0.1, 0.15) is 0 Å². The van der Waals surface area contributed by atoms with Gasteiger partial charge in [-0.05, 0) is 86.8 Å². The molecule has 0 saturated carbocycles. The number of rotatable bonds is 58. The minimum Gasteiger partial charge on any atom is -0.252 e. The van der Waals surface area contributed by atoms with E-state index in [-0.39, 0.29) is 0 Å². The second-order valence-electron chi connectivity index (χ2n) is 24.1. The third-order valence-corrected chi connectivity index (χ3v) is 16.6. The molecule has 432 valence electrons. The second-order valence-corrected chi connectivity index (χ2v) is 24.1. The van der Waals surface area contributed by atoms with Crippen molar-refractivity contribution in [2.24, 2.45) is 9.98 Å². The van der Waals surface area contributed by atoms with Crippen molar-refractivity contribution in [1.29, 1.82) is 0 Å². The number of benzene rings is 2. The van der Waals surface area contributed by atoms with Gasteiger partial charge in [0.25, 0.3) is 0 Å². The van der Waals surface area contributed by atoms with Crippen LogP contribution in [0.5, 0.6) is 0 Å². The summed E-state index contributed by atoms with van der Waals surface area (Å²) in [7, 11) is 0. The smallest absolute Gasteiger partial charge is 0.0636 e. The molecular weight excluding hydrogens is 905 g/mol. The normalized spacial score (nSPS) is 12.2. The highest BCUT2D eigenvalue weighted by Crippen LogP contribution is 2.24. The maximum Gasteiger partial charge on any atom is 0.0636 e. The Bertz CT molecular complexity index is 1540. The Morgan fingerprint density at radius 3 is 0.707 bits per heavy atom. The van der Waals surface area contributed by atoms with Crippen molar-refractivity contribution in [3.63, 3.8) is 0 Å². The van der Waals surface area contributed by atoms with E-state index in [9.17, 15) is 0 Å². The lowest BCUT2D eigenvalue weighted by Gasteiger charge is -2.12. The van der Waals surface area contributed by atoms with Crippen molar-refractivity contribution >= 4 is 22.8 Å². The van der Waals surface area contributed by atoms with Crippen LogP contribution in [0, 0.1) is 0 Å². The highest BCUT2D eigenvalue weighted by molar-refractivity contribution is 6.43. The zero-order valence-corrected chi connectivity index (χ0v) is 51.4. The quantitative estimate of drug-likeness (QED) is 0.0466. The molecule has 75 heavy (non-hydrogen) atoms. The molecule has 0 fully saturated rings. The van der Waals surface area contributed by atoms with E-state index >= 15 is 0 Å². The largest absolute Gasteiger partial charge is 0.252 e. The monoisotopic (exact) mass is 1040 g/mol. The minimum atomic E-state index is 1.00. The third-order valence-electron chi connectivity index (χ3n) is 16.6. The van der Waals surface area contributed by atoms with Crippen LogP contribution >= 0.6 is 0 Å². The van der Waals surface area contributed by atoms with Crippen molar-refractivity contribution in [2.75, 3.05) is 0 Å². The molecular formula is C73H130N2. The van der Waals surface area contributed by atoms with E-state index in [4.69, 9.17) is 9.98 Å². The number of nitrogens with zero attached hydrogens (tertiary/aromatic N) is 2. The van der Waals surface area contributed by atoms with Crippen molar-refractivity contribution in [3.05, 3.63) is 59.7 Å². The summed E-state index contributed by atoms with van der Waals surface area (Å²) in [5.74, 6) is 0. The van der Waals surface area contributed by atoms with Crippen LogP contribution in [0.4, 0.5) is 11.4 Å². The molecule has 2 nitrogen and oxygen atoms in total. The molecule has 0 bridgehead atoms. The molecule has 0 aliphatic rings. The molecule has 0 saturated heterocycles. The lowest BCUT2D eigenvalue weighted by atomic mass is 10.0. The maximum atomic E-state index is 5.43. The summed E-state index contributed by atoms with van der Waals surface area (Å²) in [6, 6.07) is 18.3. The predicted molar refractivity (Wildman–Crippen MR) is 342 cm³/mol. The fourth-order valence-corrected chi connectivity index (χ4v) is 11.5. The Morgan fingerprint density at radius 2 is 0.453 bits per heavy atom. The second kappa shape index (κ2) is 55.1. The molecule has 2 rings (SSSR count). The Morgan fingerprint density at radius 1 is 0.240 bits per heavy atom. The summed E-state index contributed by atoms with van der Waals surface area (Å²) in [6.07, 6.45) is 76.5. The topological polar surface area (TPSA) is 24.7 Å². The lowest BCUT2D eigenvalue weighted by Crippen LogP contribution is -2.14. The van der Waals surface area contributed by atoms with E-state index in [0.717, 1.165) is 43.5 Å². The first-order valence-corrected chi connectivity index (χ1v) is 34.5. The molecule has 2 heteroatoms.